The molecule has 0 saturated heterocycles. The molecule has 0 aliphatic carbocycles. The van der Waals surface area contributed by atoms with E-state index in [1.54, 1.807) is 19.2 Å². The maximum absolute atomic E-state index is 12.2. The van der Waals surface area contributed by atoms with E-state index in [4.69, 9.17) is 18.9 Å². The van der Waals surface area contributed by atoms with Crippen LogP contribution < -0.4 is 19.5 Å². The number of amides is 1. The van der Waals surface area contributed by atoms with Gasteiger partial charge in [-0.3, -0.25) is 4.79 Å². The summed E-state index contributed by atoms with van der Waals surface area (Å²) in [5.41, 5.74) is 0.971. The van der Waals surface area contributed by atoms with Crippen molar-refractivity contribution in [3.05, 3.63) is 54.1 Å². The Bertz CT molecular complexity index is 748. The van der Waals surface area contributed by atoms with Crippen LogP contribution in [-0.4, -0.2) is 50.1 Å². The lowest BCUT2D eigenvalue weighted by atomic mass is 10.2. The van der Waals surface area contributed by atoms with Gasteiger partial charge in [0.15, 0.2) is 11.5 Å². The first-order chi connectivity index (χ1) is 13.2. The molecule has 1 aliphatic rings. The average Bonchev–Trinajstić information content (AvgIpc) is 2.72. The molecule has 3 rings (SSSR count). The predicted octanol–water partition coefficient (Wildman–Crippen LogP) is 1.53. The zero-order valence-corrected chi connectivity index (χ0v) is 15.1. The zero-order chi connectivity index (χ0) is 19.1. The van der Waals surface area contributed by atoms with Gasteiger partial charge >= 0.3 is 0 Å². The summed E-state index contributed by atoms with van der Waals surface area (Å²) in [6.45, 7) is 0.679. The van der Waals surface area contributed by atoms with Gasteiger partial charge in [-0.25, -0.2) is 0 Å². The van der Waals surface area contributed by atoms with Crippen molar-refractivity contribution in [1.29, 1.82) is 0 Å². The van der Waals surface area contributed by atoms with E-state index in [-0.39, 0.29) is 25.7 Å². The minimum atomic E-state index is -0.816. The first kappa shape index (κ1) is 19.0. The number of methoxy groups -OCH3 is 1. The van der Waals surface area contributed by atoms with Crippen LogP contribution in [0.4, 0.5) is 0 Å². The number of hydrogen-bond acceptors (Lipinski definition) is 6. The van der Waals surface area contributed by atoms with Crippen LogP contribution in [0.15, 0.2) is 48.5 Å². The number of para-hydroxylation sites is 2. The molecular weight excluding hydrogens is 350 g/mol. The Balaban J connectivity index is 1.36. The molecule has 0 fully saturated rings. The normalized spacial score (nSPS) is 16.4. The fraction of sp³-hybridized carbons (Fsp3) is 0.350. The van der Waals surface area contributed by atoms with Gasteiger partial charge in [0, 0.05) is 6.54 Å². The summed E-state index contributed by atoms with van der Waals surface area (Å²) in [7, 11) is 1.61. The van der Waals surface area contributed by atoms with Crippen LogP contribution in [-0.2, 0) is 16.1 Å². The van der Waals surface area contributed by atoms with E-state index in [2.05, 4.69) is 5.32 Å². The number of aliphatic hydroxyl groups excluding tert-OH is 1. The molecule has 2 atom stereocenters. The van der Waals surface area contributed by atoms with Crippen molar-refractivity contribution in [3.63, 3.8) is 0 Å². The maximum atomic E-state index is 12.2. The summed E-state index contributed by atoms with van der Waals surface area (Å²) in [4.78, 5) is 12.2. The first-order valence-electron chi connectivity index (χ1n) is 8.70. The van der Waals surface area contributed by atoms with Crippen LogP contribution in [0.5, 0.6) is 17.2 Å². The standard InChI is InChI=1S/C20H23NO6/c1-24-16-8-6-14(7-9-16)11-25-12-15(22)10-21-20(23)19-13-26-17-4-2-3-5-18(17)27-19/h2-9,15,19,22H,10-13H2,1H3,(H,21,23)/t15-,19+/m1/s1. The van der Waals surface area contributed by atoms with E-state index in [1.165, 1.54) is 0 Å². The van der Waals surface area contributed by atoms with Crippen molar-refractivity contribution in [2.24, 2.45) is 0 Å². The molecule has 27 heavy (non-hydrogen) atoms. The third-order valence-electron chi connectivity index (χ3n) is 4.05. The van der Waals surface area contributed by atoms with E-state index in [1.807, 2.05) is 36.4 Å². The molecular formula is C20H23NO6. The molecule has 7 nitrogen and oxygen atoms in total. The Kier molecular flexibility index (Phi) is 6.51. The highest BCUT2D eigenvalue weighted by Crippen LogP contribution is 2.30. The van der Waals surface area contributed by atoms with Crippen LogP contribution >= 0.6 is 0 Å². The number of carbonyl (C=O) groups excluding carboxylic acids is 1. The van der Waals surface area contributed by atoms with E-state index < -0.39 is 12.2 Å². The molecule has 2 aromatic rings. The Labute approximate surface area is 157 Å². The van der Waals surface area contributed by atoms with Crippen molar-refractivity contribution in [2.45, 2.75) is 18.8 Å². The largest absolute Gasteiger partial charge is 0.497 e. The van der Waals surface area contributed by atoms with Gasteiger partial charge in [-0.05, 0) is 29.8 Å². The summed E-state index contributed by atoms with van der Waals surface area (Å²) in [6.07, 6.45) is -1.56. The summed E-state index contributed by atoms with van der Waals surface area (Å²) < 4.78 is 21.7. The van der Waals surface area contributed by atoms with E-state index in [0.717, 1.165) is 11.3 Å². The van der Waals surface area contributed by atoms with Crippen LogP contribution in [0.2, 0.25) is 0 Å². The number of carbonyl (C=O) groups is 1. The Morgan fingerprint density at radius 3 is 2.70 bits per heavy atom. The van der Waals surface area contributed by atoms with Gasteiger partial charge in [0.2, 0.25) is 6.10 Å². The maximum Gasteiger partial charge on any atom is 0.264 e. The van der Waals surface area contributed by atoms with Crippen LogP contribution in [0.1, 0.15) is 5.56 Å². The van der Waals surface area contributed by atoms with Gasteiger partial charge in [-0.2, -0.15) is 0 Å². The lowest BCUT2D eigenvalue weighted by Crippen LogP contribution is -2.46. The second kappa shape index (κ2) is 9.25. The quantitative estimate of drug-likeness (QED) is 0.730. The van der Waals surface area contributed by atoms with Gasteiger partial charge in [-0.1, -0.05) is 24.3 Å². The zero-order valence-electron chi connectivity index (χ0n) is 15.1. The van der Waals surface area contributed by atoms with Crippen molar-refractivity contribution < 1.29 is 28.8 Å². The summed E-state index contributed by atoms with van der Waals surface area (Å²) in [5, 5.41) is 12.6. The highest BCUT2D eigenvalue weighted by molar-refractivity contribution is 5.81. The van der Waals surface area contributed by atoms with Gasteiger partial charge < -0.3 is 29.4 Å². The smallest absolute Gasteiger partial charge is 0.264 e. The molecule has 1 heterocycles. The van der Waals surface area contributed by atoms with Crippen LogP contribution in [0.25, 0.3) is 0 Å². The number of fused-ring (bicyclic) bond motifs is 1. The molecule has 1 amide bonds. The predicted molar refractivity (Wildman–Crippen MR) is 98.0 cm³/mol. The topological polar surface area (TPSA) is 86.2 Å². The van der Waals surface area contributed by atoms with Crippen LogP contribution in [0, 0.1) is 0 Å². The molecule has 0 aromatic heterocycles. The van der Waals surface area contributed by atoms with Crippen molar-refractivity contribution in [3.8, 4) is 17.2 Å². The minimum absolute atomic E-state index is 0.0724. The van der Waals surface area contributed by atoms with Crippen molar-refractivity contribution >= 4 is 5.91 Å². The lowest BCUT2D eigenvalue weighted by Gasteiger charge is -2.25. The minimum Gasteiger partial charge on any atom is -0.497 e. The van der Waals surface area contributed by atoms with E-state index in [9.17, 15) is 9.90 Å². The first-order valence-corrected chi connectivity index (χ1v) is 8.70. The molecule has 2 N–H and O–H groups in total. The van der Waals surface area contributed by atoms with Crippen molar-refractivity contribution in [1.82, 2.24) is 5.32 Å². The molecule has 0 saturated carbocycles. The molecule has 0 spiro atoms. The molecule has 2 aromatic carbocycles. The lowest BCUT2D eigenvalue weighted by molar-refractivity contribution is -0.131. The summed E-state index contributed by atoms with van der Waals surface area (Å²) in [6, 6.07) is 14.7. The summed E-state index contributed by atoms with van der Waals surface area (Å²) >= 11 is 0. The van der Waals surface area contributed by atoms with Gasteiger partial charge in [-0.15, -0.1) is 0 Å². The number of benzene rings is 2. The molecule has 7 heteroatoms. The van der Waals surface area contributed by atoms with E-state index in [0.29, 0.717) is 18.1 Å². The molecule has 1 aliphatic heterocycles. The van der Waals surface area contributed by atoms with Gasteiger partial charge in [0.1, 0.15) is 12.4 Å². The Morgan fingerprint density at radius 1 is 1.22 bits per heavy atom. The Morgan fingerprint density at radius 2 is 1.96 bits per heavy atom. The highest BCUT2D eigenvalue weighted by Gasteiger charge is 2.27. The number of rotatable bonds is 8. The molecule has 0 radical (unpaired) electrons. The highest BCUT2D eigenvalue weighted by atomic mass is 16.6. The number of hydrogen-bond donors (Lipinski definition) is 2. The van der Waals surface area contributed by atoms with Crippen LogP contribution in [0.3, 0.4) is 0 Å². The number of aliphatic hydroxyl groups is 1. The van der Waals surface area contributed by atoms with Gasteiger partial charge in [0.05, 0.1) is 26.4 Å². The third kappa shape index (κ3) is 5.35. The fourth-order valence-electron chi connectivity index (χ4n) is 2.57. The third-order valence-corrected chi connectivity index (χ3v) is 4.05. The van der Waals surface area contributed by atoms with E-state index >= 15 is 0 Å². The molecule has 144 valence electrons. The second-order valence-corrected chi connectivity index (χ2v) is 6.13. The summed E-state index contributed by atoms with van der Waals surface area (Å²) in [5.74, 6) is 1.59. The number of ether oxygens (including phenoxy) is 4. The second-order valence-electron chi connectivity index (χ2n) is 6.13. The number of nitrogens with one attached hydrogen (secondary N) is 1. The monoisotopic (exact) mass is 373 g/mol. The SMILES string of the molecule is COc1ccc(COC[C@H](O)CNC(=O)[C@@H]2COc3ccccc3O2)cc1. The van der Waals surface area contributed by atoms with Gasteiger partial charge in [0.25, 0.3) is 5.91 Å². The fourth-order valence-corrected chi connectivity index (χ4v) is 2.57. The van der Waals surface area contributed by atoms with Crippen molar-refractivity contribution in [2.75, 3.05) is 26.9 Å². The Hall–Kier alpha value is -2.77. The molecule has 0 unspecified atom stereocenters. The molecule has 0 bridgehead atoms. The average molecular weight is 373 g/mol.